The van der Waals surface area contributed by atoms with Gasteiger partial charge in [0.1, 0.15) is 28.5 Å². The highest BCUT2D eigenvalue weighted by Gasteiger charge is 2.98. The van der Waals surface area contributed by atoms with Crippen molar-refractivity contribution in [3.63, 3.8) is 0 Å². The summed E-state index contributed by atoms with van der Waals surface area (Å²) >= 11 is 12.6. The second-order valence-corrected chi connectivity index (χ2v) is 12.6. The Morgan fingerprint density at radius 1 is 1.02 bits per heavy atom. The molecule has 1 aromatic heterocycles. The molecule has 0 saturated heterocycles. The predicted molar refractivity (Wildman–Crippen MR) is 141 cm³/mol. The summed E-state index contributed by atoms with van der Waals surface area (Å²) in [4.78, 5) is 38.8. The van der Waals surface area contributed by atoms with Crippen LogP contribution in [0.4, 0.5) is 22.0 Å². The summed E-state index contributed by atoms with van der Waals surface area (Å²) in [7, 11) is 0. The maximum Gasteiger partial charge on any atom is 0.349 e. The van der Waals surface area contributed by atoms with Crippen LogP contribution in [0.5, 0.6) is 17.2 Å². The SMILES string of the molecule is O=C(NC12CC3(F)CC4(F)CC(F)(C1)C42C3)c1cc(Oc2c(Cl)cc(-n3nc(C(F)F)c(=O)[nH]c3=O)cc2Cl)ccc1O. The van der Waals surface area contributed by atoms with Gasteiger partial charge >= 0.3 is 5.69 Å². The van der Waals surface area contributed by atoms with E-state index in [1.807, 2.05) is 0 Å². The number of nitrogens with zero attached hydrogens (tertiary/aromatic N) is 2. The summed E-state index contributed by atoms with van der Waals surface area (Å²) < 4.78 is 78.8. The predicted octanol–water partition coefficient (Wildman–Crippen LogP) is 5.25. The summed E-state index contributed by atoms with van der Waals surface area (Å²) in [5, 5.41) is 16.0. The first kappa shape index (κ1) is 28.1. The molecule has 2 bridgehead atoms. The van der Waals surface area contributed by atoms with Crippen molar-refractivity contribution >= 4 is 29.1 Å². The van der Waals surface area contributed by atoms with E-state index >= 15 is 13.2 Å². The molecule has 3 N–H and O–H groups in total. The lowest BCUT2D eigenvalue weighted by Crippen LogP contribution is -2.89. The first-order chi connectivity index (χ1) is 20.0. The number of aromatic hydroxyl groups is 1. The van der Waals surface area contributed by atoms with Gasteiger partial charge in [-0.25, -0.2) is 26.7 Å². The largest absolute Gasteiger partial charge is 0.507 e. The molecule has 1 amide bonds. The number of phenols is 1. The minimum atomic E-state index is -3.27. The molecule has 4 fully saturated rings. The van der Waals surface area contributed by atoms with Crippen LogP contribution in [0.1, 0.15) is 54.6 Å². The Labute approximate surface area is 247 Å². The summed E-state index contributed by atoms with van der Waals surface area (Å²) in [6, 6.07) is 5.69. The van der Waals surface area contributed by atoms with Gasteiger partial charge in [-0.15, -0.1) is 0 Å². The van der Waals surface area contributed by atoms with Gasteiger partial charge in [0.05, 0.1) is 32.3 Å². The van der Waals surface area contributed by atoms with E-state index in [2.05, 4.69) is 10.4 Å². The quantitative estimate of drug-likeness (QED) is 0.315. The third-order valence-corrected chi connectivity index (χ3v) is 9.92. The summed E-state index contributed by atoms with van der Waals surface area (Å²) in [5.41, 5.74) is -13.2. The van der Waals surface area contributed by atoms with Gasteiger partial charge in [-0.2, -0.15) is 9.78 Å². The van der Waals surface area contributed by atoms with Crippen molar-refractivity contribution in [1.82, 2.24) is 20.1 Å². The van der Waals surface area contributed by atoms with Crippen LogP contribution >= 0.6 is 23.2 Å². The Kier molecular flexibility index (Phi) is 5.56. The van der Waals surface area contributed by atoms with Gasteiger partial charge in [0, 0.05) is 25.7 Å². The van der Waals surface area contributed by atoms with E-state index in [1.54, 1.807) is 4.98 Å². The second kappa shape index (κ2) is 8.50. The lowest BCUT2D eigenvalue weighted by Gasteiger charge is -2.76. The zero-order valence-corrected chi connectivity index (χ0v) is 23.1. The molecule has 4 saturated carbocycles. The van der Waals surface area contributed by atoms with Crippen LogP contribution in [0.2, 0.25) is 10.0 Å². The van der Waals surface area contributed by atoms with Gasteiger partial charge in [-0.1, -0.05) is 23.2 Å². The van der Waals surface area contributed by atoms with Gasteiger partial charge in [0.2, 0.25) is 0 Å². The zero-order chi connectivity index (χ0) is 30.9. The Hall–Kier alpha value is -3.65. The molecule has 9 nitrogen and oxygen atoms in total. The number of phenolic OH excluding ortho intramolecular Hbond substituents is 1. The summed E-state index contributed by atoms with van der Waals surface area (Å²) in [5.74, 6) is -1.65. The minimum absolute atomic E-state index is 0.0682. The van der Waals surface area contributed by atoms with E-state index in [4.69, 9.17) is 27.9 Å². The molecule has 0 radical (unpaired) electrons. The smallest absolute Gasteiger partial charge is 0.349 e. The number of hydrogen-bond acceptors (Lipinski definition) is 6. The summed E-state index contributed by atoms with van der Waals surface area (Å²) in [6.07, 6.45) is -4.87. The fourth-order valence-electron chi connectivity index (χ4n) is 8.11. The van der Waals surface area contributed by atoms with Crippen LogP contribution in [-0.2, 0) is 0 Å². The Morgan fingerprint density at radius 2 is 1.70 bits per heavy atom. The Balaban J connectivity index is 1.16. The van der Waals surface area contributed by atoms with Gasteiger partial charge in [0.25, 0.3) is 17.9 Å². The molecule has 5 atom stereocenters. The second-order valence-electron chi connectivity index (χ2n) is 11.8. The number of aromatic nitrogens is 3. The molecule has 16 heteroatoms. The van der Waals surface area contributed by atoms with Crippen LogP contribution in [0.25, 0.3) is 5.69 Å². The molecule has 3 aromatic rings. The van der Waals surface area contributed by atoms with Gasteiger partial charge in [-0.05, 0) is 36.8 Å². The highest BCUT2D eigenvalue weighted by molar-refractivity contribution is 6.37. The maximum atomic E-state index is 15.5. The molecular formula is C27H19Cl2F5N4O5. The van der Waals surface area contributed by atoms with Crippen molar-refractivity contribution in [3.05, 3.63) is 72.5 Å². The average Bonchev–Trinajstić information content (AvgIpc) is 3.26. The number of carbonyl (C=O) groups is 1. The lowest BCUT2D eigenvalue weighted by atomic mass is 9.32. The molecule has 226 valence electrons. The maximum absolute atomic E-state index is 15.5. The zero-order valence-electron chi connectivity index (χ0n) is 21.6. The first-order valence-corrected chi connectivity index (χ1v) is 13.7. The van der Waals surface area contributed by atoms with Gasteiger partial charge < -0.3 is 15.2 Å². The number of halogens is 7. The average molecular weight is 645 g/mol. The Morgan fingerprint density at radius 3 is 2.33 bits per heavy atom. The molecule has 2 aromatic carbocycles. The van der Waals surface area contributed by atoms with Crippen LogP contribution in [0.15, 0.2) is 39.9 Å². The number of amides is 1. The fourth-order valence-corrected chi connectivity index (χ4v) is 8.66. The number of rotatable bonds is 6. The monoisotopic (exact) mass is 644 g/mol. The lowest BCUT2D eigenvalue weighted by molar-refractivity contribution is -0.333. The molecule has 43 heavy (non-hydrogen) atoms. The number of benzene rings is 2. The number of nitrogens with one attached hydrogen (secondary N) is 2. The van der Waals surface area contributed by atoms with Gasteiger partial charge in [0.15, 0.2) is 11.4 Å². The van der Waals surface area contributed by atoms with E-state index in [0.29, 0.717) is 4.68 Å². The van der Waals surface area contributed by atoms with Crippen LogP contribution in [0.3, 0.4) is 0 Å². The molecule has 5 unspecified atom stereocenters. The van der Waals surface area contributed by atoms with Crippen LogP contribution < -0.4 is 21.3 Å². The topological polar surface area (TPSA) is 126 Å². The molecule has 1 heterocycles. The third-order valence-electron chi connectivity index (χ3n) is 9.36. The molecule has 4 aliphatic rings. The number of hydrogen-bond donors (Lipinski definition) is 3. The van der Waals surface area contributed by atoms with E-state index in [9.17, 15) is 28.3 Å². The first-order valence-electron chi connectivity index (χ1n) is 13.0. The van der Waals surface area contributed by atoms with E-state index in [1.165, 1.54) is 6.07 Å². The van der Waals surface area contributed by atoms with Crippen molar-refractivity contribution in [2.45, 2.75) is 61.1 Å². The van der Waals surface area contributed by atoms with E-state index in [-0.39, 0.29) is 52.1 Å². The Bertz CT molecular complexity index is 1870. The highest BCUT2D eigenvalue weighted by Crippen LogP contribution is 2.89. The normalized spacial score (nSPS) is 33.1. The molecule has 0 aliphatic heterocycles. The van der Waals surface area contributed by atoms with Crippen molar-refractivity contribution in [3.8, 4) is 22.9 Å². The standard InChI is InChI=1S/C27H19Cl2F5N4O5/c28-14-3-11(38-22(42)35-21(41)17(37-38)19(30)31)4-15(29)18(14)43-12-1-2-16(39)13(5-12)20(40)36-26-7-23(32)6-24(33)9-25(34,10-26)27(24,26)8-23/h1-5,19,39H,6-10H2,(H,36,40)(H,35,41,42). The highest BCUT2D eigenvalue weighted by atomic mass is 35.5. The number of H-pyrrole nitrogens is 1. The number of fused-ring (bicyclic) bond motifs is 1. The minimum Gasteiger partial charge on any atom is -0.507 e. The number of carbonyl (C=O) groups excluding carboxylic acids is 1. The number of aromatic amines is 1. The van der Waals surface area contributed by atoms with Crippen molar-refractivity contribution in [1.29, 1.82) is 0 Å². The number of alkyl halides is 5. The summed E-state index contributed by atoms with van der Waals surface area (Å²) in [6.45, 7) is 0. The van der Waals surface area contributed by atoms with E-state index < -0.39 is 75.8 Å². The molecule has 1 spiro atoms. The van der Waals surface area contributed by atoms with Crippen molar-refractivity contribution in [2.24, 2.45) is 5.41 Å². The third kappa shape index (κ3) is 3.56. The van der Waals surface area contributed by atoms with Crippen LogP contribution in [0, 0.1) is 5.41 Å². The molecular weight excluding hydrogens is 626 g/mol. The molecule has 4 aliphatic carbocycles. The van der Waals surface area contributed by atoms with Gasteiger partial charge in [-0.3, -0.25) is 14.6 Å². The van der Waals surface area contributed by atoms with Crippen molar-refractivity contribution < 1.29 is 36.6 Å². The molecule has 7 rings (SSSR count). The van der Waals surface area contributed by atoms with Crippen LogP contribution in [-0.4, -0.2) is 48.3 Å². The fraction of sp³-hybridized carbons (Fsp3) is 0.407. The van der Waals surface area contributed by atoms with Crippen molar-refractivity contribution in [2.75, 3.05) is 0 Å². The number of ether oxygens (including phenoxy) is 1. The van der Waals surface area contributed by atoms with E-state index in [0.717, 1.165) is 24.3 Å².